The van der Waals surface area contributed by atoms with Gasteiger partial charge in [-0.05, 0) is 12.1 Å². The zero-order valence-electron chi connectivity index (χ0n) is 11.5. The van der Waals surface area contributed by atoms with Crippen LogP contribution in [0.25, 0.3) is 0 Å². The molecule has 1 aliphatic rings. The van der Waals surface area contributed by atoms with Crippen molar-refractivity contribution in [1.82, 2.24) is 15.6 Å². The van der Waals surface area contributed by atoms with Gasteiger partial charge in [-0.1, -0.05) is 0 Å². The van der Waals surface area contributed by atoms with Crippen LogP contribution >= 0.6 is 0 Å². The van der Waals surface area contributed by atoms with Crippen molar-refractivity contribution in [3.63, 3.8) is 0 Å². The summed E-state index contributed by atoms with van der Waals surface area (Å²) in [7, 11) is 2.94. The monoisotopic (exact) mass is 278 g/mol. The molecule has 1 saturated heterocycles. The van der Waals surface area contributed by atoms with E-state index in [0.29, 0.717) is 24.5 Å². The van der Waals surface area contributed by atoms with Gasteiger partial charge in [-0.25, -0.2) is 9.78 Å². The number of aromatic nitrogens is 1. The van der Waals surface area contributed by atoms with Gasteiger partial charge >= 0.3 is 5.97 Å². The largest absolute Gasteiger partial charge is 0.465 e. The first-order chi connectivity index (χ1) is 9.67. The number of esters is 1. The smallest absolute Gasteiger partial charge is 0.338 e. The van der Waals surface area contributed by atoms with Crippen molar-refractivity contribution in [2.45, 2.75) is 6.04 Å². The number of anilines is 1. The summed E-state index contributed by atoms with van der Waals surface area (Å²) in [6, 6.07) is 2.90. The molecular formula is C13H18N4O3. The highest BCUT2D eigenvalue weighted by Crippen LogP contribution is 2.17. The van der Waals surface area contributed by atoms with Gasteiger partial charge in [-0.15, -0.1) is 0 Å². The van der Waals surface area contributed by atoms with Crippen LogP contribution in [-0.4, -0.2) is 56.7 Å². The zero-order chi connectivity index (χ0) is 14.5. The number of hydrogen-bond acceptors (Lipinski definition) is 6. The molecule has 7 nitrogen and oxygen atoms in total. The van der Waals surface area contributed by atoms with E-state index in [4.69, 9.17) is 4.74 Å². The molecule has 20 heavy (non-hydrogen) atoms. The Morgan fingerprint density at radius 1 is 1.55 bits per heavy atom. The number of methoxy groups -OCH3 is 1. The van der Waals surface area contributed by atoms with Crippen molar-refractivity contribution >= 4 is 17.7 Å². The average molecular weight is 278 g/mol. The second kappa shape index (κ2) is 6.33. The number of pyridine rings is 1. The Morgan fingerprint density at radius 3 is 3.05 bits per heavy atom. The molecule has 0 spiro atoms. The second-order valence-corrected chi connectivity index (χ2v) is 4.42. The lowest BCUT2D eigenvalue weighted by molar-refractivity contribution is -0.122. The molecule has 0 radical (unpaired) electrons. The van der Waals surface area contributed by atoms with E-state index in [1.165, 1.54) is 7.11 Å². The van der Waals surface area contributed by atoms with Crippen LogP contribution < -0.4 is 15.5 Å². The first kappa shape index (κ1) is 14.3. The quantitative estimate of drug-likeness (QED) is 0.718. The van der Waals surface area contributed by atoms with E-state index >= 15 is 0 Å². The number of nitrogens with one attached hydrogen (secondary N) is 2. The van der Waals surface area contributed by atoms with Crippen LogP contribution in [0.15, 0.2) is 18.3 Å². The minimum Gasteiger partial charge on any atom is -0.465 e. The van der Waals surface area contributed by atoms with Gasteiger partial charge in [-0.3, -0.25) is 4.79 Å². The van der Waals surface area contributed by atoms with E-state index in [2.05, 4.69) is 15.6 Å². The summed E-state index contributed by atoms with van der Waals surface area (Å²) in [6.45, 7) is 1.96. The van der Waals surface area contributed by atoms with Gasteiger partial charge in [0.1, 0.15) is 11.9 Å². The Bertz CT molecular complexity index is 506. The summed E-state index contributed by atoms with van der Waals surface area (Å²) in [5, 5.41) is 5.82. The van der Waals surface area contributed by atoms with Crippen LogP contribution in [0.3, 0.4) is 0 Å². The minimum atomic E-state index is -0.416. The van der Waals surface area contributed by atoms with Gasteiger partial charge in [-0.2, -0.15) is 0 Å². The summed E-state index contributed by atoms with van der Waals surface area (Å²) in [5.41, 5.74) is 0.423. The topological polar surface area (TPSA) is 83.6 Å². The Morgan fingerprint density at radius 2 is 2.35 bits per heavy atom. The standard InChI is InChI=1S/C13H18N4O3/c1-14-12(18)10-8-15-5-6-17(10)11-7-9(3-4-16-11)13(19)20-2/h3-4,7,10,15H,5-6,8H2,1-2H3,(H,14,18). The van der Waals surface area contributed by atoms with Gasteiger partial charge in [0.15, 0.2) is 0 Å². The van der Waals surface area contributed by atoms with Gasteiger partial charge in [0.05, 0.1) is 12.7 Å². The van der Waals surface area contributed by atoms with Crippen molar-refractivity contribution in [3.8, 4) is 0 Å². The highest BCUT2D eigenvalue weighted by atomic mass is 16.5. The summed E-state index contributed by atoms with van der Waals surface area (Å²) in [4.78, 5) is 29.6. The molecule has 7 heteroatoms. The predicted molar refractivity (Wildman–Crippen MR) is 73.6 cm³/mol. The number of ether oxygens (including phenoxy) is 1. The first-order valence-corrected chi connectivity index (χ1v) is 6.40. The van der Waals surface area contributed by atoms with Crippen molar-refractivity contribution in [3.05, 3.63) is 23.9 Å². The molecule has 0 aliphatic carbocycles. The number of piperazine rings is 1. The van der Waals surface area contributed by atoms with Gasteiger partial charge < -0.3 is 20.3 Å². The van der Waals surface area contributed by atoms with Crippen LogP contribution in [0, 0.1) is 0 Å². The molecule has 1 atom stereocenters. The fourth-order valence-electron chi connectivity index (χ4n) is 2.20. The van der Waals surface area contributed by atoms with Crippen LogP contribution in [-0.2, 0) is 9.53 Å². The summed E-state index contributed by atoms with van der Waals surface area (Å²) in [5.74, 6) is 0.103. The maximum atomic E-state index is 11.9. The molecule has 1 aliphatic heterocycles. The molecule has 2 rings (SSSR count). The Balaban J connectivity index is 2.28. The highest BCUT2D eigenvalue weighted by Gasteiger charge is 2.29. The maximum Gasteiger partial charge on any atom is 0.338 e. The van der Waals surface area contributed by atoms with Crippen molar-refractivity contribution < 1.29 is 14.3 Å². The van der Waals surface area contributed by atoms with E-state index in [0.717, 1.165) is 6.54 Å². The number of likely N-dealkylation sites (N-methyl/N-ethyl adjacent to an activating group) is 1. The van der Waals surface area contributed by atoms with E-state index in [1.807, 2.05) is 4.90 Å². The summed E-state index contributed by atoms with van der Waals surface area (Å²) < 4.78 is 4.70. The average Bonchev–Trinajstić information content (AvgIpc) is 2.53. The molecular weight excluding hydrogens is 260 g/mol. The van der Waals surface area contributed by atoms with Gasteiger partial charge in [0.2, 0.25) is 5.91 Å². The molecule has 1 amide bonds. The highest BCUT2D eigenvalue weighted by molar-refractivity contribution is 5.90. The van der Waals surface area contributed by atoms with E-state index in [1.54, 1.807) is 25.4 Å². The fraction of sp³-hybridized carbons (Fsp3) is 0.462. The molecule has 2 N–H and O–H groups in total. The molecule has 1 fully saturated rings. The Kier molecular flexibility index (Phi) is 4.52. The number of hydrogen-bond donors (Lipinski definition) is 2. The van der Waals surface area contributed by atoms with Crippen molar-refractivity contribution in [2.24, 2.45) is 0 Å². The van der Waals surface area contributed by atoms with Crippen LogP contribution in [0.4, 0.5) is 5.82 Å². The third kappa shape index (κ3) is 2.88. The zero-order valence-corrected chi connectivity index (χ0v) is 11.5. The number of rotatable bonds is 3. The van der Waals surface area contributed by atoms with Crippen molar-refractivity contribution in [2.75, 3.05) is 38.7 Å². The summed E-state index contributed by atoms with van der Waals surface area (Å²) in [6.07, 6.45) is 1.55. The summed E-state index contributed by atoms with van der Waals surface area (Å²) >= 11 is 0. The number of nitrogens with zero attached hydrogens (tertiary/aromatic N) is 2. The molecule has 1 aromatic rings. The first-order valence-electron chi connectivity index (χ1n) is 6.40. The van der Waals surface area contributed by atoms with Crippen molar-refractivity contribution in [1.29, 1.82) is 0 Å². The molecule has 0 saturated carbocycles. The lowest BCUT2D eigenvalue weighted by Crippen LogP contribution is -2.57. The van der Waals surface area contributed by atoms with Gasteiger partial charge in [0, 0.05) is 32.9 Å². The van der Waals surface area contributed by atoms with Crippen LogP contribution in [0.2, 0.25) is 0 Å². The second-order valence-electron chi connectivity index (χ2n) is 4.42. The Labute approximate surface area is 117 Å². The number of carbonyl (C=O) groups is 2. The van der Waals surface area contributed by atoms with Crippen LogP contribution in [0.1, 0.15) is 10.4 Å². The third-order valence-corrected chi connectivity index (χ3v) is 3.25. The minimum absolute atomic E-state index is 0.0810. The molecule has 1 aromatic heterocycles. The third-order valence-electron chi connectivity index (χ3n) is 3.25. The van der Waals surface area contributed by atoms with E-state index in [-0.39, 0.29) is 11.9 Å². The Hall–Kier alpha value is -2.15. The lowest BCUT2D eigenvalue weighted by Gasteiger charge is -2.35. The van der Waals surface area contributed by atoms with Crippen LogP contribution in [0.5, 0.6) is 0 Å². The normalized spacial score (nSPS) is 18.5. The maximum absolute atomic E-state index is 11.9. The number of carbonyl (C=O) groups excluding carboxylic acids is 2. The van der Waals surface area contributed by atoms with Gasteiger partial charge in [0.25, 0.3) is 0 Å². The molecule has 0 aromatic carbocycles. The number of amides is 1. The lowest BCUT2D eigenvalue weighted by atomic mass is 10.1. The SMILES string of the molecule is CNC(=O)C1CNCCN1c1cc(C(=O)OC)ccn1. The predicted octanol–water partition coefficient (Wildman–Crippen LogP) is -0.608. The molecule has 1 unspecified atom stereocenters. The molecule has 108 valence electrons. The molecule has 0 bridgehead atoms. The molecule has 2 heterocycles. The fourth-order valence-corrected chi connectivity index (χ4v) is 2.20. The van der Waals surface area contributed by atoms with E-state index < -0.39 is 5.97 Å². The van der Waals surface area contributed by atoms with E-state index in [9.17, 15) is 9.59 Å².